The maximum atomic E-state index is 10.2. The Hall–Kier alpha value is -2.00. The molecule has 1 N–H and O–H groups in total. The molecule has 3 nitrogen and oxygen atoms in total. The summed E-state index contributed by atoms with van der Waals surface area (Å²) in [5.74, 6) is 1.70. The molecule has 0 unspecified atom stereocenters. The molecule has 0 aliphatic heterocycles. The second-order valence-corrected chi connectivity index (χ2v) is 6.73. The Labute approximate surface area is 145 Å². The maximum absolute atomic E-state index is 10.2. The molecule has 0 spiro atoms. The van der Waals surface area contributed by atoms with Crippen LogP contribution in [0.5, 0.6) is 11.5 Å². The lowest BCUT2D eigenvalue weighted by atomic mass is 10.1. The lowest BCUT2D eigenvalue weighted by molar-refractivity contribution is 0.0617. The fourth-order valence-electron chi connectivity index (χ4n) is 3.20. The van der Waals surface area contributed by atoms with Crippen molar-refractivity contribution in [3.8, 4) is 11.5 Å². The van der Waals surface area contributed by atoms with Crippen molar-refractivity contribution in [1.29, 1.82) is 0 Å². The number of aryl methyl sites for hydroxylation is 6. The Morgan fingerprint density at radius 2 is 0.958 bits per heavy atom. The number of aliphatic hydroxyl groups excluding tert-OH is 1. The van der Waals surface area contributed by atoms with Crippen molar-refractivity contribution in [2.24, 2.45) is 0 Å². The molecule has 0 amide bonds. The van der Waals surface area contributed by atoms with Gasteiger partial charge in [0.2, 0.25) is 0 Å². The summed E-state index contributed by atoms with van der Waals surface area (Å²) < 4.78 is 11.6. The molecule has 0 saturated carbocycles. The topological polar surface area (TPSA) is 38.7 Å². The summed E-state index contributed by atoms with van der Waals surface area (Å²) in [6.07, 6.45) is -0.676. The van der Waals surface area contributed by atoms with Gasteiger partial charge in [-0.1, -0.05) is 35.4 Å². The summed E-state index contributed by atoms with van der Waals surface area (Å²) in [6, 6.07) is 8.35. The summed E-state index contributed by atoms with van der Waals surface area (Å²) in [4.78, 5) is 0. The van der Waals surface area contributed by atoms with Crippen LogP contribution in [0, 0.1) is 41.5 Å². The lowest BCUT2D eigenvalue weighted by Crippen LogP contribution is -2.25. The summed E-state index contributed by atoms with van der Waals surface area (Å²) in [6.45, 7) is 12.7. The molecule has 24 heavy (non-hydrogen) atoms. The van der Waals surface area contributed by atoms with Crippen LogP contribution < -0.4 is 9.47 Å². The Morgan fingerprint density at radius 3 is 1.25 bits per heavy atom. The Morgan fingerprint density at radius 1 is 0.667 bits per heavy atom. The van der Waals surface area contributed by atoms with E-state index in [9.17, 15) is 5.11 Å². The van der Waals surface area contributed by atoms with Crippen LogP contribution in [-0.4, -0.2) is 24.4 Å². The SMILES string of the molecule is Cc1cc(C)c(OCC(O)COc2c(C)cc(C)cc2C)c(C)c1. The van der Waals surface area contributed by atoms with Crippen molar-refractivity contribution in [3.63, 3.8) is 0 Å². The molecule has 0 atom stereocenters. The fourth-order valence-corrected chi connectivity index (χ4v) is 3.20. The molecule has 0 radical (unpaired) electrons. The van der Waals surface area contributed by atoms with Gasteiger partial charge >= 0.3 is 0 Å². The van der Waals surface area contributed by atoms with Gasteiger partial charge in [-0.3, -0.25) is 0 Å². The molecule has 0 aliphatic rings. The Balaban J connectivity index is 1.94. The van der Waals surface area contributed by atoms with E-state index in [1.54, 1.807) is 0 Å². The van der Waals surface area contributed by atoms with Crippen LogP contribution in [0.4, 0.5) is 0 Å². The second-order valence-electron chi connectivity index (χ2n) is 6.73. The van der Waals surface area contributed by atoms with Crippen LogP contribution in [0.3, 0.4) is 0 Å². The largest absolute Gasteiger partial charge is 0.490 e. The molecular formula is C21H28O3. The van der Waals surface area contributed by atoms with Gasteiger partial charge in [-0.05, 0) is 63.8 Å². The lowest BCUT2D eigenvalue weighted by Gasteiger charge is -2.18. The molecule has 0 aliphatic carbocycles. The predicted molar refractivity (Wildman–Crippen MR) is 98.3 cm³/mol. The van der Waals surface area contributed by atoms with E-state index in [1.807, 2.05) is 27.7 Å². The van der Waals surface area contributed by atoms with E-state index in [-0.39, 0.29) is 13.2 Å². The first-order chi connectivity index (χ1) is 11.3. The van der Waals surface area contributed by atoms with E-state index in [0.29, 0.717) is 0 Å². The van der Waals surface area contributed by atoms with Gasteiger partial charge in [-0.25, -0.2) is 0 Å². The van der Waals surface area contributed by atoms with Crippen LogP contribution in [-0.2, 0) is 0 Å². The fraction of sp³-hybridized carbons (Fsp3) is 0.429. The summed E-state index contributed by atoms with van der Waals surface area (Å²) in [5, 5.41) is 10.2. The van der Waals surface area contributed by atoms with Gasteiger partial charge < -0.3 is 14.6 Å². The summed E-state index contributed by atoms with van der Waals surface area (Å²) in [7, 11) is 0. The van der Waals surface area contributed by atoms with Crippen molar-refractivity contribution in [1.82, 2.24) is 0 Å². The highest BCUT2D eigenvalue weighted by atomic mass is 16.5. The van der Waals surface area contributed by atoms with E-state index in [1.165, 1.54) is 11.1 Å². The molecular weight excluding hydrogens is 300 g/mol. The maximum Gasteiger partial charge on any atom is 0.125 e. The van der Waals surface area contributed by atoms with Gasteiger partial charge in [0.15, 0.2) is 0 Å². The monoisotopic (exact) mass is 328 g/mol. The number of rotatable bonds is 6. The van der Waals surface area contributed by atoms with Crippen LogP contribution in [0.2, 0.25) is 0 Å². The van der Waals surface area contributed by atoms with E-state index in [4.69, 9.17) is 9.47 Å². The van der Waals surface area contributed by atoms with Gasteiger partial charge in [-0.2, -0.15) is 0 Å². The van der Waals surface area contributed by atoms with E-state index in [2.05, 4.69) is 38.1 Å². The highest BCUT2D eigenvalue weighted by Gasteiger charge is 2.12. The van der Waals surface area contributed by atoms with Gasteiger partial charge in [0.1, 0.15) is 30.8 Å². The molecule has 2 aromatic rings. The average molecular weight is 328 g/mol. The van der Waals surface area contributed by atoms with Crippen LogP contribution in [0.1, 0.15) is 33.4 Å². The van der Waals surface area contributed by atoms with E-state index < -0.39 is 6.10 Å². The van der Waals surface area contributed by atoms with Crippen molar-refractivity contribution < 1.29 is 14.6 Å². The molecule has 3 heteroatoms. The first kappa shape index (κ1) is 18.3. The minimum Gasteiger partial charge on any atom is -0.490 e. The normalized spacial score (nSPS) is 11.0. The Bertz CT molecular complexity index is 612. The minimum absolute atomic E-state index is 0.217. The van der Waals surface area contributed by atoms with Crippen molar-refractivity contribution in [3.05, 3.63) is 57.6 Å². The first-order valence-electron chi connectivity index (χ1n) is 8.37. The van der Waals surface area contributed by atoms with Gasteiger partial charge in [0.05, 0.1) is 0 Å². The van der Waals surface area contributed by atoms with Gasteiger partial charge in [0, 0.05) is 0 Å². The van der Waals surface area contributed by atoms with Crippen LogP contribution in [0.15, 0.2) is 24.3 Å². The van der Waals surface area contributed by atoms with Crippen LogP contribution in [0.25, 0.3) is 0 Å². The predicted octanol–water partition coefficient (Wildman–Crippen LogP) is 4.36. The molecule has 0 bridgehead atoms. The quantitative estimate of drug-likeness (QED) is 0.856. The number of hydrogen-bond donors (Lipinski definition) is 1. The van der Waals surface area contributed by atoms with Crippen molar-refractivity contribution >= 4 is 0 Å². The van der Waals surface area contributed by atoms with Gasteiger partial charge in [-0.15, -0.1) is 0 Å². The van der Waals surface area contributed by atoms with E-state index in [0.717, 1.165) is 33.8 Å². The third kappa shape index (κ3) is 4.51. The smallest absolute Gasteiger partial charge is 0.125 e. The second kappa shape index (κ2) is 7.71. The third-order valence-corrected chi connectivity index (χ3v) is 4.05. The number of hydrogen-bond acceptors (Lipinski definition) is 3. The first-order valence-corrected chi connectivity index (χ1v) is 8.37. The molecule has 0 fully saturated rings. The standard InChI is InChI=1S/C21H28O3/c1-13-7-15(3)20(16(4)8-13)23-11-19(22)12-24-21-17(5)9-14(2)10-18(21)6/h7-10,19,22H,11-12H2,1-6H3. The van der Waals surface area contributed by atoms with Crippen molar-refractivity contribution in [2.45, 2.75) is 47.6 Å². The third-order valence-electron chi connectivity index (χ3n) is 4.05. The average Bonchev–Trinajstić information content (AvgIpc) is 2.44. The zero-order valence-corrected chi connectivity index (χ0v) is 15.6. The molecule has 0 heterocycles. The molecule has 0 aromatic heterocycles. The number of ether oxygens (including phenoxy) is 2. The summed E-state index contributed by atoms with van der Waals surface area (Å²) in [5.41, 5.74) is 6.78. The van der Waals surface area contributed by atoms with Gasteiger partial charge in [0.25, 0.3) is 0 Å². The van der Waals surface area contributed by atoms with Crippen molar-refractivity contribution in [2.75, 3.05) is 13.2 Å². The van der Waals surface area contributed by atoms with Crippen LogP contribution >= 0.6 is 0 Å². The molecule has 130 valence electrons. The number of benzene rings is 2. The molecule has 2 rings (SSSR count). The zero-order valence-electron chi connectivity index (χ0n) is 15.6. The highest BCUT2D eigenvalue weighted by molar-refractivity contribution is 5.43. The van der Waals surface area contributed by atoms with E-state index >= 15 is 0 Å². The Kier molecular flexibility index (Phi) is 5.89. The zero-order chi connectivity index (χ0) is 17.9. The summed E-state index contributed by atoms with van der Waals surface area (Å²) >= 11 is 0. The molecule has 2 aromatic carbocycles. The number of aliphatic hydroxyl groups is 1. The molecule has 0 saturated heterocycles. The minimum atomic E-state index is -0.676. The highest BCUT2D eigenvalue weighted by Crippen LogP contribution is 2.26.